The molecule has 7 rings (SSSR count). The molecule has 0 spiro atoms. The zero-order valence-electron chi connectivity index (χ0n) is 34.1. The number of fused-ring (bicyclic) bond motifs is 2. The Labute approximate surface area is 320 Å². The summed E-state index contributed by atoms with van der Waals surface area (Å²) >= 11 is 0. The van der Waals surface area contributed by atoms with Gasteiger partial charge in [-0.3, -0.25) is 14.4 Å². The number of hydroxylamine groups is 2. The van der Waals surface area contributed by atoms with Crippen LogP contribution in [0.15, 0.2) is 0 Å². The van der Waals surface area contributed by atoms with E-state index in [4.69, 9.17) is 15.3 Å². The summed E-state index contributed by atoms with van der Waals surface area (Å²) in [6, 6.07) is -0.0295. The molecule has 8 unspecified atom stereocenters. The molecule has 11 nitrogen and oxygen atoms in total. The minimum atomic E-state index is -0.825. The third-order valence-corrected chi connectivity index (χ3v) is 16.0. The summed E-state index contributed by atoms with van der Waals surface area (Å²) in [5, 5.41) is 29.9. The van der Waals surface area contributed by atoms with Crippen molar-refractivity contribution in [2.75, 3.05) is 40.9 Å². The van der Waals surface area contributed by atoms with Gasteiger partial charge in [0.1, 0.15) is 12.1 Å². The van der Waals surface area contributed by atoms with E-state index in [0.29, 0.717) is 54.1 Å². The van der Waals surface area contributed by atoms with Crippen LogP contribution in [0.5, 0.6) is 0 Å². The molecule has 6 N–H and O–H groups in total. The molecule has 53 heavy (non-hydrogen) atoms. The van der Waals surface area contributed by atoms with Gasteiger partial charge in [0.2, 0.25) is 11.8 Å². The normalized spacial score (nSPS) is 43.6. The van der Waals surface area contributed by atoms with Crippen LogP contribution in [0.3, 0.4) is 0 Å². The van der Waals surface area contributed by atoms with Crippen LogP contribution in [0.4, 0.5) is 0 Å². The smallest absolute Gasteiger partial charge is 0.240 e. The maximum absolute atomic E-state index is 14.3. The highest BCUT2D eigenvalue weighted by atomic mass is 16.7. The lowest BCUT2D eigenvalue weighted by molar-refractivity contribution is -0.193. The minimum Gasteiger partial charge on any atom is -0.394 e. The number of ether oxygens (including phenoxy) is 1. The topological polar surface area (TPSA) is 150 Å². The molecule has 0 aromatic heterocycles. The molecule has 304 valence electrons. The van der Waals surface area contributed by atoms with Crippen molar-refractivity contribution in [3.05, 3.63) is 0 Å². The van der Waals surface area contributed by atoms with Gasteiger partial charge in [-0.2, -0.15) is 5.06 Å². The second kappa shape index (κ2) is 17.4. The highest BCUT2D eigenvalue weighted by Crippen LogP contribution is 2.61. The summed E-state index contributed by atoms with van der Waals surface area (Å²) in [5.74, 6) is 2.31. The first kappa shape index (κ1) is 41.3. The highest BCUT2D eigenvalue weighted by molar-refractivity contribution is 5.83. The van der Waals surface area contributed by atoms with E-state index in [-0.39, 0.29) is 54.4 Å². The Balaban J connectivity index is 1.13. The van der Waals surface area contributed by atoms with E-state index >= 15 is 0 Å². The first-order valence-electron chi connectivity index (χ1n) is 21.5. The van der Waals surface area contributed by atoms with Crippen LogP contribution in [0.25, 0.3) is 0 Å². The Bertz CT molecular complexity index is 1230. The standard InChI is InChI=1S/C42H75N5O6/c1-24-33-20-30(42(33,3)4)21-35(24)45-41(51)38-37(25(2)49)36(23-48)53-47(38)22-27-12-10-13-32(39(27)52-7)28-17-29(19-31(18-28)46(5)6)40(50)44-16-15-26-11-8-9-14-34(26)43/h24-39,48-49H,8-23,43H2,1-7H3,(H,44,50)(H,45,51)/t24-,25-,26?,27?,28?,29?,30+,31?,32?,33-,34?,35-,36-,37+,38-,39?/m0/s1. The second-order valence-corrected chi connectivity index (χ2v) is 19.4. The molecule has 1 aliphatic heterocycles. The molecule has 0 radical (unpaired) electrons. The monoisotopic (exact) mass is 746 g/mol. The minimum absolute atomic E-state index is 0.0371. The van der Waals surface area contributed by atoms with Crippen LogP contribution in [-0.2, 0) is 19.2 Å². The maximum Gasteiger partial charge on any atom is 0.240 e. The van der Waals surface area contributed by atoms with Crippen LogP contribution < -0.4 is 16.4 Å². The molecule has 0 aromatic carbocycles. The number of aliphatic hydroxyl groups is 2. The van der Waals surface area contributed by atoms with Crippen molar-refractivity contribution in [1.82, 2.24) is 20.6 Å². The van der Waals surface area contributed by atoms with Gasteiger partial charge in [0.15, 0.2) is 0 Å². The van der Waals surface area contributed by atoms with Gasteiger partial charge < -0.3 is 36.2 Å². The third-order valence-electron chi connectivity index (χ3n) is 16.0. The third kappa shape index (κ3) is 8.66. The van der Waals surface area contributed by atoms with Gasteiger partial charge in [0.25, 0.3) is 0 Å². The zero-order chi connectivity index (χ0) is 38.2. The van der Waals surface area contributed by atoms with Crippen molar-refractivity contribution in [3.8, 4) is 0 Å². The summed E-state index contributed by atoms with van der Waals surface area (Å²) in [5.41, 5.74) is 6.73. The van der Waals surface area contributed by atoms with E-state index in [1.165, 1.54) is 25.7 Å². The van der Waals surface area contributed by atoms with Crippen LogP contribution in [0.2, 0.25) is 0 Å². The number of amides is 2. The first-order valence-corrected chi connectivity index (χ1v) is 21.5. The van der Waals surface area contributed by atoms with Crippen molar-refractivity contribution in [1.29, 1.82) is 0 Å². The zero-order valence-corrected chi connectivity index (χ0v) is 34.1. The Morgan fingerprint density at radius 1 is 1.02 bits per heavy atom. The van der Waals surface area contributed by atoms with Gasteiger partial charge >= 0.3 is 0 Å². The van der Waals surface area contributed by atoms with E-state index in [2.05, 4.69) is 50.4 Å². The van der Waals surface area contributed by atoms with Crippen molar-refractivity contribution in [2.24, 2.45) is 64.4 Å². The largest absolute Gasteiger partial charge is 0.394 e. The summed E-state index contributed by atoms with van der Waals surface area (Å²) < 4.78 is 6.40. The number of methoxy groups -OCH3 is 1. The molecule has 7 fully saturated rings. The summed E-state index contributed by atoms with van der Waals surface area (Å²) in [4.78, 5) is 36.7. The molecule has 1 saturated heterocycles. The molecule has 16 atom stereocenters. The van der Waals surface area contributed by atoms with Gasteiger partial charge in [0, 0.05) is 56.1 Å². The number of hydrogen-bond donors (Lipinski definition) is 5. The van der Waals surface area contributed by atoms with Gasteiger partial charge in [-0.05, 0) is 126 Å². The van der Waals surface area contributed by atoms with E-state index < -0.39 is 24.2 Å². The number of rotatable bonds is 13. The van der Waals surface area contributed by atoms with Crippen LogP contribution >= 0.6 is 0 Å². The fourth-order valence-electron chi connectivity index (χ4n) is 12.5. The van der Waals surface area contributed by atoms with Gasteiger partial charge in [0.05, 0.1) is 18.8 Å². The lowest BCUT2D eigenvalue weighted by Gasteiger charge is -2.62. The number of nitrogens with two attached hydrogens (primary N) is 1. The van der Waals surface area contributed by atoms with Crippen molar-refractivity contribution in [3.63, 3.8) is 0 Å². The fourth-order valence-corrected chi connectivity index (χ4v) is 12.5. The quantitative estimate of drug-likeness (QED) is 0.189. The number of carbonyl (C=O) groups is 2. The average molecular weight is 746 g/mol. The van der Waals surface area contributed by atoms with E-state index in [1.807, 2.05) is 7.11 Å². The SMILES string of the molecule is COC1C(CN2O[C@@H](CO)[C@@H]([C@H](C)O)[C@H]2C(=O)N[C@H]2C[C@H]3C[C@@H]([C@@H]2C)C3(C)C)CCCC1C1CC(C(=O)NCCC2CCCCC2N)CC(N(C)C)C1. The second-order valence-electron chi connectivity index (χ2n) is 19.4. The predicted molar refractivity (Wildman–Crippen MR) is 206 cm³/mol. The van der Waals surface area contributed by atoms with Crippen LogP contribution in [0, 0.1) is 58.7 Å². The molecular formula is C42H75N5O6. The Morgan fingerprint density at radius 2 is 1.75 bits per heavy atom. The number of hydrogen-bond acceptors (Lipinski definition) is 9. The van der Waals surface area contributed by atoms with Crippen molar-refractivity contribution in [2.45, 2.75) is 154 Å². The van der Waals surface area contributed by atoms with Crippen molar-refractivity contribution < 1.29 is 29.4 Å². The molecule has 1 heterocycles. The Hall–Kier alpha value is -1.34. The van der Waals surface area contributed by atoms with Crippen molar-refractivity contribution >= 4 is 11.8 Å². The average Bonchev–Trinajstić information content (AvgIpc) is 3.51. The van der Waals surface area contributed by atoms with Gasteiger partial charge in [-0.25, -0.2) is 0 Å². The molecule has 7 aliphatic rings. The fraction of sp³-hybridized carbons (Fsp3) is 0.952. The lowest BCUT2D eigenvalue weighted by Crippen LogP contribution is -2.62. The molecule has 6 saturated carbocycles. The Kier molecular flexibility index (Phi) is 13.6. The highest BCUT2D eigenvalue weighted by Gasteiger charge is 2.58. The van der Waals surface area contributed by atoms with E-state index in [0.717, 1.165) is 57.8 Å². The lowest BCUT2D eigenvalue weighted by atomic mass is 9.45. The summed E-state index contributed by atoms with van der Waals surface area (Å²) in [6.45, 7) is 9.63. The molecule has 2 bridgehead atoms. The molecular weight excluding hydrogens is 670 g/mol. The number of carbonyl (C=O) groups excluding carboxylic acids is 2. The molecule has 11 heteroatoms. The molecule has 6 aliphatic carbocycles. The number of nitrogens with one attached hydrogen (secondary N) is 2. The Morgan fingerprint density at radius 3 is 2.40 bits per heavy atom. The van der Waals surface area contributed by atoms with E-state index in [1.54, 1.807) is 12.0 Å². The predicted octanol–water partition coefficient (Wildman–Crippen LogP) is 3.95. The van der Waals surface area contributed by atoms with Gasteiger partial charge in [-0.1, -0.05) is 40.0 Å². The summed E-state index contributed by atoms with van der Waals surface area (Å²) in [6.07, 6.45) is 12.2. The number of aliphatic hydroxyl groups excluding tert-OH is 2. The van der Waals surface area contributed by atoms with E-state index in [9.17, 15) is 19.8 Å². The van der Waals surface area contributed by atoms with Gasteiger partial charge in [-0.15, -0.1) is 0 Å². The van der Waals surface area contributed by atoms with Crippen LogP contribution in [0.1, 0.15) is 111 Å². The molecule has 0 aromatic rings. The van der Waals surface area contributed by atoms with Crippen LogP contribution in [-0.4, -0.2) is 115 Å². The first-order chi connectivity index (χ1) is 25.2. The maximum atomic E-state index is 14.3. The summed E-state index contributed by atoms with van der Waals surface area (Å²) in [7, 11) is 6.08. The molecule has 2 amide bonds. The number of nitrogens with zero attached hydrogens (tertiary/aromatic N) is 2.